The van der Waals surface area contributed by atoms with E-state index in [-0.39, 0.29) is 0 Å². The van der Waals surface area contributed by atoms with E-state index in [9.17, 15) is 0 Å². The van der Waals surface area contributed by atoms with E-state index in [1.54, 1.807) is 0 Å². The van der Waals surface area contributed by atoms with Gasteiger partial charge in [0.05, 0.1) is 0 Å². The smallest absolute Gasteiger partial charge is 0.0393 e. The molecule has 14 heavy (non-hydrogen) atoms. The lowest BCUT2D eigenvalue weighted by molar-refractivity contribution is 1.61. The molecule has 1 aliphatic rings. The van der Waals surface area contributed by atoms with Crippen molar-refractivity contribution in [2.45, 2.75) is 0 Å². The second-order valence-electron chi connectivity index (χ2n) is 3.07. The molecular weight excluding hydrogens is 170 g/mol. The third-order valence-electron chi connectivity index (χ3n) is 2.10. The van der Waals surface area contributed by atoms with Crippen LogP contribution in [0, 0.1) is 0 Å². The van der Waals surface area contributed by atoms with Crippen LogP contribution in [0.3, 0.4) is 0 Å². The highest BCUT2D eigenvalue weighted by Gasteiger charge is 2.00. The lowest BCUT2D eigenvalue weighted by Crippen LogP contribution is -1.91. The highest BCUT2D eigenvalue weighted by atomic mass is 14.6. The molecule has 2 rings (SSSR count). The Morgan fingerprint density at radius 1 is 1.07 bits per heavy atom. The number of benzene rings is 1. The Morgan fingerprint density at radius 3 is 2.79 bits per heavy atom. The molecule has 0 amide bonds. The van der Waals surface area contributed by atoms with Crippen molar-refractivity contribution in [1.82, 2.24) is 0 Å². The third-order valence-corrected chi connectivity index (χ3v) is 2.10. The molecule has 0 heterocycles. The summed E-state index contributed by atoms with van der Waals surface area (Å²) in [5.74, 6) is 0. The first-order chi connectivity index (χ1) is 6.88. The summed E-state index contributed by atoms with van der Waals surface area (Å²) in [6.07, 6.45) is 9.76. The van der Waals surface area contributed by atoms with Crippen molar-refractivity contribution in [3.05, 3.63) is 65.9 Å². The zero-order valence-electron chi connectivity index (χ0n) is 7.77. The van der Waals surface area contributed by atoms with Crippen molar-refractivity contribution < 1.29 is 0 Å². The second kappa shape index (κ2) is 3.82. The summed E-state index contributed by atoms with van der Waals surface area (Å²) in [6.45, 7) is 0. The topological polar surface area (TPSA) is 26.0 Å². The highest BCUT2D eigenvalue weighted by Crippen LogP contribution is 2.22. The summed E-state index contributed by atoms with van der Waals surface area (Å²) in [7, 11) is 0. The maximum absolute atomic E-state index is 5.88. The molecule has 1 nitrogen and oxygen atoms in total. The van der Waals surface area contributed by atoms with E-state index in [1.165, 1.54) is 0 Å². The Bertz CT molecular complexity index is 458. The van der Waals surface area contributed by atoms with Crippen LogP contribution in [0.4, 0.5) is 5.69 Å². The predicted molar refractivity (Wildman–Crippen MR) is 60.6 cm³/mol. The van der Waals surface area contributed by atoms with E-state index in [0.717, 1.165) is 16.8 Å². The molecule has 1 aliphatic carbocycles. The summed E-state index contributed by atoms with van der Waals surface area (Å²) < 4.78 is 0. The molecule has 0 unspecified atom stereocenters. The van der Waals surface area contributed by atoms with Gasteiger partial charge < -0.3 is 5.73 Å². The average Bonchev–Trinajstić information content (AvgIpc) is 2.47. The molecule has 1 heteroatoms. The number of hydrogen-bond donors (Lipinski definition) is 1. The fourth-order valence-corrected chi connectivity index (χ4v) is 1.40. The molecule has 0 saturated carbocycles. The Kier molecular flexibility index (Phi) is 2.35. The molecule has 1 aromatic rings. The number of nitrogens with two attached hydrogens (primary N) is 1. The minimum Gasteiger partial charge on any atom is -0.398 e. The van der Waals surface area contributed by atoms with Gasteiger partial charge in [-0.2, -0.15) is 0 Å². The molecule has 2 N–H and O–H groups in total. The maximum atomic E-state index is 5.88. The number of nitrogen functional groups attached to an aromatic ring is 1. The Hall–Kier alpha value is -1.98. The van der Waals surface area contributed by atoms with Crippen LogP contribution in [0.5, 0.6) is 0 Å². The minimum atomic E-state index is 0.804. The van der Waals surface area contributed by atoms with E-state index in [4.69, 9.17) is 5.73 Å². The Labute approximate surface area is 83.6 Å². The van der Waals surface area contributed by atoms with Gasteiger partial charge in [0.15, 0.2) is 0 Å². The fourth-order valence-electron chi connectivity index (χ4n) is 1.40. The van der Waals surface area contributed by atoms with Gasteiger partial charge in [0.25, 0.3) is 0 Å². The molecule has 0 bridgehead atoms. The third kappa shape index (κ3) is 1.68. The first-order valence-corrected chi connectivity index (χ1v) is 4.52. The number of allylic oxidation sites excluding steroid dienone is 5. The molecule has 0 fully saturated rings. The first kappa shape index (κ1) is 8.61. The van der Waals surface area contributed by atoms with Crippen molar-refractivity contribution in [2.24, 2.45) is 0 Å². The van der Waals surface area contributed by atoms with Gasteiger partial charge in [-0.3, -0.25) is 0 Å². The van der Waals surface area contributed by atoms with E-state index in [1.807, 2.05) is 54.6 Å². The van der Waals surface area contributed by atoms with Gasteiger partial charge in [0.1, 0.15) is 0 Å². The molecule has 68 valence electrons. The standard InChI is InChI=1S/C13H11N/c14-13-10-6-5-9-12(13)11-7-3-1-2-4-8-11/h1,3-10H,14H2. The van der Waals surface area contributed by atoms with Crippen molar-refractivity contribution >= 4 is 11.3 Å². The zero-order chi connectivity index (χ0) is 9.80. The quantitative estimate of drug-likeness (QED) is 0.523. The van der Waals surface area contributed by atoms with Crippen molar-refractivity contribution in [2.75, 3.05) is 5.73 Å². The van der Waals surface area contributed by atoms with Crippen LogP contribution in [0.25, 0.3) is 5.57 Å². The molecule has 0 spiro atoms. The molecule has 0 aromatic heterocycles. The van der Waals surface area contributed by atoms with Crippen LogP contribution in [0.1, 0.15) is 5.56 Å². The van der Waals surface area contributed by atoms with Crippen LogP contribution in [0.2, 0.25) is 0 Å². The van der Waals surface area contributed by atoms with E-state index < -0.39 is 0 Å². The minimum absolute atomic E-state index is 0.804. The predicted octanol–water partition coefficient (Wildman–Crippen LogP) is 2.93. The summed E-state index contributed by atoms with van der Waals surface area (Å²) in [6, 6.07) is 7.85. The molecular formula is C13H11N. The first-order valence-electron chi connectivity index (χ1n) is 4.52. The van der Waals surface area contributed by atoms with Crippen molar-refractivity contribution in [3.8, 4) is 0 Å². The fraction of sp³-hybridized carbons (Fsp3) is 0. The molecule has 0 radical (unpaired) electrons. The van der Waals surface area contributed by atoms with Gasteiger partial charge in [-0.15, -0.1) is 5.73 Å². The molecule has 0 atom stereocenters. The summed E-state index contributed by atoms with van der Waals surface area (Å²) in [5.41, 5.74) is 11.9. The highest BCUT2D eigenvalue weighted by molar-refractivity contribution is 5.82. The lowest BCUT2D eigenvalue weighted by Gasteiger charge is -2.04. The normalized spacial score (nSPS) is 13.9. The Morgan fingerprint density at radius 2 is 1.93 bits per heavy atom. The zero-order valence-corrected chi connectivity index (χ0v) is 7.77. The number of rotatable bonds is 1. The van der Waals surface area contributed by atoms with Gasteiger partial charge in [-0.05, 0) is 29.9 Å². The molecule has 0 aliphatic heterocycles. The largest absolute Gasteiger partial charge is 0.398 e. The summed E-state index contributed by atoms with van der Waals surface area (Å²) >= 11 is 0. The van der Waals surface area contributed by atoms with Crippen LogP contribution >= 0.6 is 0 Å². The monoisotopic (exact) mass is 181 g/mol. The number of para-hydroxylation sites is 1. The van der Waals surface area contributed by atoms with Crippen LogP contribution < -0.4 is 5.73 Å². The lowest BCUT2D eigenvalue weighted by atomic mass is 10.0. The van der Waals surface area contributed by atoms with Crippen LogP contribution in [0.15, 0.2) is 60.4 Å². The molecule has 0 saturated heterocycles. The van der Waals surface area contributed by atoms with Crippen molar-refractivity contribution in [3.63, 3.8) is 0 Å². The summed E-state index contributed by atoms with van der Waals surface area (Å²) in [5, 5.41) is 0. The average molecular weight is 181 g/mol. The Balaban J connectivity index is 2.46. The van der Waals surface area contributed by atoms with Gasteiger partial charge in [0, 0.05) is 11.3 Å². The van der Waals surface area contributed by atoms with Crippen LogP contribution in [-0.4, -0.2) is 0 Å². The number of hydrogen-bond acceptors (Lipinski definition) is 1. The number of anilines is 1. The van der Waals surface area contributed by atoms with Gasteiger partial charge >= 0.3 is 0 Å². The SMILES string of the molecule is Nc1ccccc1C1=CC=C=CC=C1. The van der Waals surface area contributed by atoms with Gasteiger partial charge in [-0.25, -0.2) is 0 Å². The van der Waals surface area contributed by atoms with Crippen LogP contribution in [-0.2, 0) is 0 Å². The van der Waals surface area contributed by atoms with E-state index >= 15 is 0 Å². The van der Waals surface area contributed by atoms with E-state index in [2.05, 4.69) is 5.73 Å². The van der Waals surface area contributed by atoms with Crippen molar-refractivity contribution in [1.29, 1.82) is 0 Å². The van der Waals surface area contributed by atoms with Gasteiger partial charge in [0.2, 0.25) is 0 Å². The van der Waals surface area contributed by atoms with Gasteiger partial charge in [-0.1, -0.05) is 30.4 Å². The summed E-state index contributed by atoms with van der Waals surface area (Å²) in [4.78, 5) is 0. The van der Waals surface area contributed by atoms with E-state index in [0.29, 0.717) is 0 Å². The maximum Gasteiger partial charge on any atom is 0.0393 e. The molecule has 1 aromatic carbocycles. The second-order valence-corrected chi connectivity index (χ2v) is 3.07.